The Hall–Kier alpha value is -3.54. The van der Waals surface area contributed by atoms with E-state index in [9.17, 15) is 8.42 Å². The molecular weight excluding hydrogens is 436 g/mol. The molecule has 0 unspecified atom stereocenters. The maximum atomic E-state index is 13.4. The Bertz CT molecular complexity index is 1430. The summed E-state index contributed by atoms with van der Waals surface area (Å²) in [5.74, 6) is 6.41. The average molecular weight is 461 g/mol. The lowest BCUT2D eigenvalue weighted by Crippen LogP contribution is -2.12. The van der Waals surface area contributed by atoms with E-state index >= 15 is 0 Å². The Kier molecular flexibility index (Phi) is 6.82. The van der Waals surface area contributed by atoms with E-state index in [-0.39, 0.29) is 11.5 Å². The average Bonchev–Trinajstić information content (AvgIpc) is 3.22. The second-order valence-electron chi connectivity index (χ2n) is 7.63. The van der Waals surface area contributed by atoms with Crippen molar-refractivity contribution in [1.29, 1.82) is 0 Å². The molecule has 0 spiro atoms. The van der Waals surface area contributed by atoms with E-state index in [4.69, 9.17) is 5.11 Å². The summed E-state index contributed by atoms with van der Waals surface area (Å²) < 4.78 is 27.9. The molecule has 168 valence electrons. The van der Waals surface area contributed by atoms with E-state index in [1.807, 2.05) is 13.0 Å². The Morgan fingerprint density at radius 1 is 1.00 bits per heavy atom. The highest BCUT2D eigenvalue weighted by Crippen LogP contribution is 2.31. The van der Waals surface area contributed by atoms with Crippen LogP contribution >= 0.6 is 0 Å². The van der Waals surface area contributed by atoms with Gasteiger partial charge in [0.1, 0.15) is 0 Å². The van der Waals surface area contributed by atoms with Crippen molar-refractivity contribution in [3.8, 4) is 23.1 Å². The van der Waals surface area contributed by atoms with Gasteiger partial charge in [-0.05, 0) is 56.0 Å². The summed E-state index contributed by atoms with van der Waals surface area (Å²) in [4.78, 5) is 13.3. The molecule has 4 rings (SSSR count). The van der Waals surface area contributed by atoms with Gasteiger partial charge in [0.15, 0.2) is 5.65 Å². The third-order valence-electron chi connectivity index (χ3n) is 5.20. The highest BCUT2D eigenvalue weighted by Gasteiger charge is 2.23. The number of aliphatic hydroxyl groups is 1. The SMILES string of the molecule is Cc1ccc(S(=O)(=O)n2cc(-c3ccnc(C#CCCCCCO)n3)c3cccnc32)cc1. The first-order chi connectivity index (χ1) is 16.0. The van der Waals surface area contributed by atoms with E-state index in [2.05, 4.69) is 26.8 Å². The summed E-state index contributed by atoms with van der Waals surface area (Å²) in [5, 5.41) is 9.52. The molecule has 0 atom stereocenters. The quantitative estimate of drug-likeness (QED) is 0.331. The minimum absolute atomic E-state index is 0.192. The van der Waals surface area contributed by atoms with Gasteiger partial charge in [-0.2, -0.15) is 0 Å². The van der Waals surface area contributed by atoms with Crippen LogP contribution in [0.2, 0.25) is 0 Å². The first-order valence-electron chi connectivity index (χ1n) is 10.7. The number of fused-ring (bicyclic) bond motifs is 1. The maximum absolute atomic E-state index is 13.4. The topological polar surface area (TPSA) is 98.0 Å². The summed E-state index contributed by atoms with van der Waals surface area (Å²) >= 11 is 0. The Labute approximate surface area is 193 Å². The number of rotatable bonds is 7. The predicted molar refractivity (Wildman–Crippen MR) is 127 cm³/mol. The van der Waals surface area contributed by atoms with Crippen molar-refractivity contribution in [2.45, 2.75) is 37.5 Å². The molecule has 0 aliphatic carbocycles. The lowest BCUT2D eigenvalue weighted by Gasteiger charge is -2.07. The lowest BCUT2D eigenvalue weighted by molar-refractivity contribution is 0.283. The number of aryl methyl sites for hydroxylation is 1. The first kappa shape index (κ1) is 22.6. The molecular formula is C25H24N4O3S. The number of hydrogen-bond donors (Lipinski definition) is 1. The van der Waals surface area contributed by atoms with Crippen LogP contribution in [0.4, 0.5) is 0 Å². The highest BCUT2D eigenvalue weighted by molar-refractivity contribution is 7.90. The standard InChI is InChI=1S/C25H24N4O3S/c1-19-10-12-20(13-11-19)33(31,32)29-18-22(21-8-7-15-27-25(21)29)23-14-16-26-24(28-23)9-5-3-2-4-6-17-30/h7-8,10-16,18,30H,2-4,6,17H2,1H3. The zero-order valence-corrected chi connectivity index (χ0v) is 19.1. The van der Waals surface area contributed by atoms with E-state index in [1.165, 1.54) is 3.97 Å². The molecule has 4 aromatic rings. The van der Waals surface area contributed by atoms with Gasteiger partial charge in [0.05, 0.1) is 10.6 Å². The third kappa shape index (κ3) is 4.95. The monoisotopic (exact) mass is 460 g/mol. The summed E-state index contributed by atoms with van der Waals surface area (Å²) in [5.41, 5.74) is 2.53. The van der Waals surface area contributed by atoms with Gasteiger partial charge >= 0.3 is 0 Å². The molecule has 0 bridgehead atoms. The van der Waals surface area contributed by atoms with Crippen molar-refractivity contribution in [1.82, 2.24) is 18.9 Å². The van der Waals surface area contributed by atoms with Crippen molar-refractivity contribution in [2.75, 3.05) is 6.61 Å². The molecule has 0 aliphatic heterocycles. The van der Waals surface area contributed by atoms with Crippen LogP contribution in [-0.4, -0.2) is 39.1 Å². The zero-order valence-electron chi connectivity index (χ0n) is 18.3. The number of unbranched alkanes of at least 4 members (excludes halogenated alkanes) is 3. The number of nitrogens with zero attached hydrogens (tertiary/aromatic N) is 4. The Morgan fingerprint density at radius 3 is 2.61 bits per heavy atom. The number of pyridine rings is 1. The van der Waals surface area contributed by atoms with Gasteiger partial charge in [0.2, 0.25) is 5.82 Å². The fourth-order valence-electron chi connectivity index (χ4n) is 3.45. The minimum atomic E-state index is -3.84. The molecule has 7 nitrogen and oxygen atoms in total. The van der Waals surface area contributed by atoms with E-state index in [0.717, 1.165) is 24.8 Å². The number of aromatic nitrogens is 4. The summed E-state index contributed by atoms with van der Waals surface area (Å²) in [6.45, 7) is 2.10. The molecule has 1 aromatic carbocycles. The van der Waals surface area contributed by atoms with Crippen LogP contribution in [0.15, 0.2) is 66.0 Å². The minimum Gasteiger partial charge on any atom is -0.396 e. The predicted octanol–water partition coefficient (Wildman–Crippen LogP) is 3.94. The molecule has 3 aromatic heterocycles. The molecule has 1 N–H and O–H groups in total. The van der Waals surface area contributed by atoms with Crippen LogP contribution in [0.25, 0.3) is 22.3 Å². The maximum Gasteiger partial charge on any atom is 0.269 e. The molecule has 0 amide bonds. The van der Waals surface area contributed by atoms with Gasteiger partial charge in [-0.15, -0.1) is 0 Å². The largest absolute Gasteiger partial charge is 0.396 e. The second-order valence-corrected chi connectivity index (χ2v) is 9.45. The molecule has 0 saturated carbocycles. The van der Waals surface area contributed by atoms with Crippen molar-refractivity contribution < 1.29 is 13.5 Å². The van der Waals surface area contributed by atoms with Gasteiger partial charge in [-0.25, -0.2) is 27.3 Å². The zero-order chi connectivity index (χ0) is 23.3. The number of aliphatic hydroxyl groups excluding tert-OH is 1. The molecule has 0 fully saturated rings. The van der Waals surface area contributed by atoms with Crippen LogP contribution in [-0.2, 0) is 10.0 Å². The van der Waals surface area contributed by atoms with Crippen molar-refractivity contribution in [3.63, 3.8) is 0 Å². The van der Waals surface area contributed by atoms with Crippen LogP contribution in [0.3, 0.4) is 0 Å². The molecule has 0 aliphatic rings. The Morgan fingerprint density at radius 2 is 1.82 bits per heavy atom. The van der Waals surface area contributed by atoms with Crippen molar-refractivity contribution in [3.05, 3.63) is 72.4 Å². The summed E-state index contributed by atoms with van der Waals surface area (Å²) in [6, 6.07) is 12.1. The smallest absolute Gasteiger partial charge is 0.269 e. The number of benzene rings is 1. The van der Waals surface area contributed by atoms with Gasteiger partial charge in [-0.3, -0.25) is 0 Å². The second kappa shape index (κ2) is 9.94. The lowest BCUT2D eigenvalue weighted by atomic mass is 10.1. The summed E-state index contributed by atoms with van der Waals surface area (Å²) in [7, 11) is -3.84. The van der Waals surface area contributed by atoms with Gasteiger partial charge in [0, 0.05) is 42.6 Å². The van der Waals surface area contributed by atoms with Crippen molar-refractivity contribution >= 4 is 21.1 Å². The van der Waals surface area contributed by atoms with Gasteiger partial charge < -0.3 is 5.11 Å². The summed E-state index contributed by atoms with van der Waals surface area (Å²) in [6.07, 6.45) is 8.05. The van der Waals surface area contributed by atoms with Gasteiger partial charge in [0.25, 0.3) is 10.0 Å². The number of hydrogen-bond acceptors (Lipinski definition) is 6. The molecule has 33 heavy (non-hydrogen) atoms. The van der Waals surface area contributed by atoms with Crippen molar-refractivity contribution in [2.24, 2.45) is 0 Å². The van der Waals surface area contributed by atoms with Gasteiger partial charge in [-0.1, -0.05) is 30.0 Å². The van der Waals surface area contributed by atoms with Crippen LogP contribution < -0.4 is 0 Å². The van der Waals surface area contributed by atoms with E-state index in [0.29, 0.717) is 34.5 Å². The van der Waals surface area contributed by atoms with Crippen LogP contribution in [0.5, 0.6) is 0 Å². The fraction of sp³-hybridized carbons (Fsp3) is 0.240. The molecule has 0 saturated heterocycles. The molecule has 8 heteroatoms. The van der Waals surface area contributed by atoms with E-state index in [1.54, 1.807) is 55.0 Å². The highest BCUT2D eigenvalue weighted by atomic mass is 32.2. The van der Waals surface area contributed by atoms with E-state index < -0.39 is 10.0 Å². The Balaban J connectivity index is 1.72. The normalized spacial score (nSPS) is 11.3. The van der Waals surface area contributed by atoms with Crippen LogP contribution in [0.1, 0.15) is 37.1 Å². The first-order valence-corrected chi connectivity index (χ1v) is 12.2. The fourth-order valence-corrected chi connectivity index (χ4v) is 4.78. The van der Waals surface area contributed by atoms with Crippen LogP contribution in [0, 0.1) is 18.8 Å². The molecule has 0 radical (unpaired) electrons. The third-order valence-corrected chi connectivity index (χ3v) is 6.87. The molecule has 3 heterocycles.